The first-order chi connectivity index (χ1) is 7.26. The molecule has 0 atom stereocenters. The lowest BCUT2D eigenvalue weighted by Crippen LogP contribution is -1.99. The number of aryl methyl sites for hydroxylation is 1. The number of halogens is 1. The monoisotopic (exact) mass is 241 g/mol. The van der Waals surface area contributed by atoms with Gasteiger partial charge in [-0.15, -0.1) is 12.4 Å². The van der Waals surface area contributed by atoms with Gasteiger partial charge < -0.3 is 10.5 Å². The maximum Gasteiger partial charge on any atom is 0.142 e. The average molecular weight is 242 g/mol. The number of hydrogen-bond acceptors (Lipinski definition) is 3. The van der Waals surface area contributed by atoms with E-state index < -0.39 is 0 Å². The average Bonchev–Trinajstić information content (AvgIpc) is 2.61. The van der Waals surface area contributed by atoms with Crippen LogP contribution in [0.2, 0.25) is 0 Å². The largest absolute Gasteiger partial charge is 0.495 e. The molecule has 0 radical (unpaired) electrons. The van der Waals surface area contributed by atoms with Gasteiger partial charge in [-0.2, -0.15) is 5.10 Å². The van der Waals surface area contributed by atoms with Crippen LogP contribution in [0.4, 0.5) is 5.69 Å². The van der Waals surface area contributed by atoms with Gasteiger partial charge in [0.2, 0.25) is 0 Å². The van der Waals surface area contributed by atoms with Crippen molar-refractivity contribution in [2.45, 2.75) is 19.9 Å². The summed E-state index contributed by atoms with van der Waals surface area (Å²) in [7, 11) is 1.62. The quantitative estimate of drug-likeness (QED) is 0.840. The van der Waals surface area contributed by atoms with Crippen molar-refractivity contribution in [3.05, 3.63) is 18.3 Å². The van der Waals surface area contributed by atoms with E-state index in [1.54, 1.807) is 7.11 Å². The minimum absolute atomic E-state index is 0. The van der Waals surface area contributed by atoms with Gasteiger partial charge in [-0.3, -0.25) is 4.68 Å². The first-order valence-electron chi connectivity index (χ1n) is 5.05. The third-order valence-corrected chi connectivity index (χ3v) is 2.43. The number of nitrogens with zero attached hydrogens (tertiary/aromatic N) is 2. The van der Waals surface area contributed by atoms with E-state index >= 15 is 0 Å². The van der Waals surface area contributed by atoms with Crippen molar-refractivity contribution in [3.63, 3.8) is 0 Å². The SMILES string of the molecule is CCCn1ncc2cc(OC)c(N)cc21.Cl. The number of nitrogen functional groups attached to an aromatic ring is 1. The highest BCUT2D eigenvalue weighted by atomic mass is 35.5. The summed E-state index contributed by atoms with van der Waals surface area (Å²) in [4.78, 5) is 0. The number of fused-ring (bicyclic) bond motifs is 1. The van der Waals surface area contributed by atoms with Crippen LogP contribution in [0.3, 0.4) is 0 Å². The van der Waals surface area contributed by atoms with E-state index in [1.807, 2.05) is 23.0 Å². The molecule has 2 N–H and O–H groups in total. The second-order valence-electron chi connectivity index (χ2n) is 3.52. The molecule has 88 valence electrons. The van der Waals surface area contributed by atoms with E-state index in [2.05, 4.69) is 12.0 Å². The van der Waals surface area contributed by atoms with Crippen molar-refractivity contribution in [1.29, 1.82) is 0 Å². The normalized spacial score (nSPS) is 10.1. The highest BCUT2D eigenvalue weighted by Gasteiger charge is 2.06. The number of aromatic nitrogens is 2. The van der Waals surface area contributed by atoms with E-state index in [1.165, 1.54) is 0 Å². The van der Waals surface area contributed by atoms with E-state index in [-0.39, 0.29) is 12.4 Å². The molecule has 5 heteroatoms. The van der Waals surface area contributed by atoms with Crippen molar-refractivity contribution in [3.8, 4) is 5.75 Å². The molecule has 0 amide bonds. The summed E-state index contributed by atoms with van der Waals surface area (Å²) in [5.74, 6) is 0.707. The van der Waals surface area contributed by atoms with Crippen molar-refractivity contribution >= 4 is 29.0 Å². The molecule has 2 aromatic rings. The van der Waals surface area contributed by atoms with Crippen LogP contribution in [0.25, 0.3) is 10.9 Å². The fourth-order valence-corrected chi connectivity index (χ4v) is 1.69. The van der Waals surface area contributed by atoms with Gasteiger partial charge in [-0.05, 0) is 18.6 Å². The molecular weight excluding hydrogens is 226 g/mol. The summed E-state index contributed by atoms with van der Waals surface area (Å²) in [6.45, 7) is 3.04. The molecule has 1 heterocycles. The van der Waals surface area contributed by atoms with Gasteiger partial charge in [0.25, 0.3) is 0 Å². The van der Waals surface area contributed by atoms with Crippen LogP contribution in [0.15, 0.2) is 18.3 Å². The van der Waals surface area contributed by atoms with Crippen molar-refractivity contribution in [2.24, 2.45) is 0 Å². The fraction of sp³-hybridized carbons (Fsp3) is 0.364. The van der Waals surface area contributed by atoms with Crippen LogP contribution >= 0.6 is 12.4 Å². The van der Waals surface area contributed by atoms with Gasteiger partial charge in [0.05, 0.1) is 24.5 Å². The van der Waals surface area contributed by atoms with E-state index in [0.29, 0.717) is 11.4 Å². The second-order valence-corrected chi connectivity index (χ2v) is 3.52. The third kappa shape index (κ3) is 2.07. The molecule has 0 bridgehead atoms. The van der Waals surface area contributed by atoms with Gasteiger partial charge in [-0.1, -0.05) is 6.92 Å². The number of benzene rings is 1. The van der Waals surface area contributed by atoms with Crippen molar-refractivity contribution in [2.75, 3.05) is 12.8 Å². The molecule has 0 aliphatic heterocycles. The Labute approximate surface area is 101 Å². The summed E-state index contributed by atoms with van der Waals surface area (Å²) < 4.78 is 7.12. The summed E-state index contributed by atoms with van der Waals surface area (Å²) in [5, 5.41) is 5.37. The topological polar surface area (TPSA) is 53.1 Å². The zero-order valence-electron chi connectivity index (χ0n) is 9.43. The third-order valence-electron chi connectivity index (χ3n) is 2.43. The highest BCUT2D eigenvalue weighted by Crippen LogP contribution is 2.27. The second kappa shape index (κ2) is 5.07. The van der Waals surface area contributed by atoms with Crippen LogP contribution in [0, 0.1) is 0 Å². The molecule has 0 aliphatic carbocycles. The summed E-state index contributed by atoms with van der Waals surface area (Å²) >= 11 is 0. The molecular formula is C11H16ClN3O. The molecule has 0 spiro atoms. The van der Waals surface area contributed by atoms with Gasteiger partial charge in [0, 0.05) is 11.9 Å². The van der Waals surface area contributed by atoms with E-state index in [9.17, 15) is 0 Å². The Bertz CT molecular complexity index is 481. The number of ether oxygens (including phenoxy) is 1. The molecule has 2 rings (SSSR count). The van der Waals surface area contributed by atoms with Crippen molar-refractivity contribution < 1.29 is 4.74 Å². The number of hydrogen-bond donors (Lipinski definition) is 1. The molecule has 1 aromatic heterocycles. The first-order valence-corrected chi connectivity index (χ1v) is 5.05. The first kappa shape index (κ1) is 12.6. The molecule has 0 unspecified atom stereocenters. The van der Waals surface area contributed by atoms with Crippen LogP contribution in [-0.2, 0) is 6.54 Å². The summed E-state index contributed by atoms with van der Waals surface area (Å²) in [6.07, 6.45) is 2.90. The molecule has 0 saturated carbocycles. The zero-order chi connectivity index (χ0) is 10.8. The molecule has 0 aliphatic rings. The Balaban J connectivity index is 0.00000128. The number of methoxy groups -OCH3 is 1. The zero-order valence-corrected chi connectivity index (χ0v) is 10.3. The lowest BCUT2D eigenvalue weighted by atomic mass is 10.2. The van der Waals surface area contributed by atoms with Crippen LogP contribution in [0.1, 0.15) is 13.3 Å². The minimum Gasteiger partial charge on any atom is -0.495 e. The lowest BCUT2D eigenvalue weighted by molar-refractivity contribution is 0.417. The van der Waals surface area contributed by atoms with E-state index in [0.717, 1.165) is 23.9 Å². The number of rotatable bonds is 3. The molecule has 0 fully saturated rings. The standard InChI is InChI=1S/C11H15N3O.ClH/c1-3-4-14-10-6-9(12)11(15-2)5-8(10)7-13-14;/h5-7H,3-4,12H2,1-2H3;1H. The van der Waals surface area contributed by atoms with Crippen LogP contribution in [-0.4, -0.2) is 16.9 Å². The molecule has 1 aromatic carbocycles. The van der Waals surface area contributed by atoms with Crippen molar-refractivity contribution in [1.82, 2.24) is 9.78 Å². The number of anilines is 1. The summed E-state index contributed by atoms with van der Waals surface area (Å²) in [6, 6.07) is 3.83. The fourth-order valence-electron chi connectivity index (χ4n) is 1.69. The maximum absolute atomic E-state index is 5.86. The smallest absolute Gasteiger partial charge is 0.142 e. The van der Waals surface area contributed by atoms with E-state index in [4.69, 9.17) is 10.5 Å². The van der Waals surface area contributed by atoms with Gasteiger partial charge in [0.1, 0.15) is 5.75 Å². The Hall–Kier alpha value is -1.42. The summed E-state index contributed by atoms with van der Waals surface area (Å²) in [5.41, 5.74) is 7.58. The molecule has 4 nitrogen and oxygen atoms in total. The Morgan fingerprint density at radius 3 is 2.81 bits per heavy atom. The van der Waals surface area contributed by atoms with Gasteiger partial charge in [-0.25, -0.2) is 0 Å². The minimum atomic E-state index is 0. The van der Waals surface area contributed by atoms with Crippen LogP contribution < -0.4 is 10.5 Å². The van der Waals surface area contributed by atoms with Crippen LogP contribution in [0.5, 0.6) is 5.75 Å². The maximum atomic E-state index is 5.86. The molecule has 16 heavy (non-hydrogen) atoms. The van der Waals surface area contributed by atoms with Gasteiger partial charge >= 0.3 is 0 Å². The lowest BCUT2D eigenvalue weighted by Gasteiger charge is -2.05. The predicted molar refractivity (Wildman–Crippen MR) is 68.2 cm³/mol. The predicted octanol–water partition coefficient (Wildman–Crippen LogP) is 2.46. The Kier molecular flexibility index (Phi) is 4.01. The Morgan fingerprint density at radius 1 is 1.44 bits per heavy atom. The Morgan fingerprint density at radius 2 is 2.19 bits per heavy atom. The highest BCUT2D eigenvalue weighted by molar-refractivity contribution is 5.85. The number of nitrogens with two attached hydrogens (primary N) is 1. The molecule has 0 saturated heterocycles. The van der Waals surface area contributed by atoms with Gasteiger partial charge in [0.15, 0.2) is 0 Å².